The van der Waals surface area contributed by atoms with Crippen LogP contribution >= 0.6 is 11.3 Å². The van der Waals surface area contributed by atoms with Crippen LogP contribution in [0.5, 0.6) is 0 Å². The minimum absolute atomic E-state index is 0.0291. The highest BCUT2D eigenvalue weighted by atomic mass is 32.1. The van der Waals surface area contributed by atoms with Crippen LogP contribution in [0.1, 0.15) is 43.7 Å². The average molecular weight is 300 g/mol. The van der Waals surface area contributed by atoms with Crippen LogP contribution in [-0.2, 0) is 26.1 Å². The van der Waals surface area contributed by atoms with E-state index in [0.717, 1.165) is 30.0 Å². The van der Waals surface area contributed by atoms with Gasteiger partial charge in [-0.25, -0.2) is 0 Å². The summed E-state index contributed by atoms with van der Waals surface area (Å²) in [6.07, 6.45) is 0.988. The maximum atomic E-state index is 12.2. The molecule has 0 saturated heterocycles. The third-order valence-electron chi connectivity index (χ3n) is 3.92. The molecule has 0 atom stereocenters. The standard InChI is InChI=1S/C17H20N2OS/c1-3-15-11(2)6-16(21-15)17(20)19-8-12-4-5-13-9-18-10-14(13)7-12/h4-7,18H,3,8-10H2,1-2H3,(H,19,20). The molecule has 0 aliphatic carbocycles. The van der Waals surface area contributed by atoms with E-state index in [1.54, 1.807) is 11.3 Å². The van der Waals surface area contributed by atoms with Gasteiger partial charge in [0.15, 0.2) is 0 Å². The lowest BCUT2D eigenvalue weighted by molar-refractivity contribution is 0.0955. The first kappa shape index (κ1) is 14.3. The van der Waals surface area contributed by atoms with Crippen molar-refractivity contribution in [1.29, 1.82) is 0 Å². The van der Waals surface area contributed by atoms with E-state index < -0.39 is 0 Å². The minimum atomic E-state index is 0.0291. The molecule has 3 nitrogen and oxygen atoms in total. The van der Waals surface area contributed by atoms with Crippen molar-refractivity contribution in [2.75, 3.05) is 0 Å². The molecule has 21 heavy (non-hydrogen) atoms. The largest absolute Gasteiger partial charge is 0.347 e. The Bertz CT molecular complexity index is 675. The van der Waals surface area contributed by atoms with Gasteiger partial charge in [-0.1, -0.05) is 25.1 Å². The number of aryl methyl sites for hydroxylation is 2. The van der Waals surface area contributed by atoms with Crippen molar-refractivity contribution < 1.29 is 4.79 Å². The molecule has 2 heterocycles. The Hall–Kier alpha value is -1.65. The molecular formula is C17H20N2OS. The van der Waals surface area contributed by atoms with Gasteiger partial charge < -0.3 is 10.6 Å². The molecule has 110 valence electrons. The van der Waals surface area contributed by atoms with Gasteiger partial charge in [-0.2, -0.15) is 0 Å². The Kier molecular flexibility index (Phi) is 4.08. The number of thiophene rings is 1. The number of benzene rings is 1. The van der Waals surface area contributed by atoms with Gasteiger partial charge in [0, 0.05) is 24.5 Å². The van der Waals surface area contributed by atoms with Gasteiger partial charge in [-0.15, -0.1) is 11.3 Å². The van der Waals surface area contributed by atoms with Crippen LogP contribution in [0.15, 0.2) is 24.3 Å². The van der Waals surface area contributed by atoms with Crippen LogP contribution < -0.4 is 10.6 Å². The van der Waals surface area contributed by atoms with Crippen LogP contribution in [0.25, 0.3) is 0 Å². The molecule has 1 aliphatic heterocycles. The Morgan fingerprint density at radius 2 is 2.10 bits per heavy atom. The number of carbonyl (C=O) groups is 1. The third-order valence-corrected chi connectivity index (χ3v) is 5.30. The number of hydrogen-bond acceptors (Lipinski definition) is 3. The summed E-state index contributed by atoms with van der Waals surface area (Å²) in [6, 6.07) is 8.43. The van der Waals surface area contributed by atoms with Gasteiger partial charge in [-0.05, 0) is 41.7 Å². The van der Waals surface area contributed by atoms with Crippen molar-refractivity contribution in [2.45, 2.75) is 39.9 Å². The second-order valence-corrected chi connectivity index (χ2v) is 6.60. The summed E-state index contributed by atoms with van der Waals surface area (Å²) in [5.41, 5.74) is 5.10. The second-order valence-electron chi connectivity index (χ2n) is 5.46. The Morgan fingerprint density at radius 1 is 1.29 bits per heavy atom. The molecular weight excluding hydrogens is 280 g/mol. The quantitative estimate of drug-likeness (QED) is 0.910. The summed E-state index contributed by atoms with van der Waals surface area (Å²) in [5, 5.41) is 6.36. The summed E-state index contributed by atoms with van der Waals surface area (Å²) >= 11 is 1.60. The molecule has 0 radical (unpaired) electrons. The molecule has 0 unspecified atom stereocenters. The molecule has 0 saturated carbocycles. The molecule has 2 aromatic rings. The van der Waals surface area contributed by atoms with Gasteiger partial charge in [0.25, 0.3) is 5.91 Å². The van der Waals surface area contributed by atoms with Gasteiger partial charge >= 0.3 is 0 Å². The number of hydrogen-bond donors (Lipinski definition) is 2. The zero-order valence-corrected chi connectivity index (χ0v) is 13.3. The predicted octanol–water partition coefficient (Wildman–Crippen LogP) is 3.15. The van der Waals surface area contributed by atoms with Crippen LogP contribution in [0.4, 0.5) is 0 Å². The van der Waals surface area contributed by atoms with Crippen LogP contribution in [0, 0.1) is 6.92 Å². The van der Waals surface area contributed by atoms with Crippen molar-refractivity contribution in [3.05, 3.63) is 56.3 Å². The normalized spacial score (nSPS) is 13.2. The fourth-order valence-electron chi connectivity index (χ4n) is 2.71. The second kappa shape index (κ2) is 6.00. The predicted molar refractivity (Wildman–Crippen MR) is 86.6 cm³/mol. The zero-order valence-electron chi connectivity index (χ0n) is 12.5. The SMILES string of the molecule is CCc1sc(C(=O)NCc2ccc3c(c2)CNC3)cc1C. The van der Waals surface area contributed by atoms with Gasteiger partial charge in [-0.3, -0.25) is 4.79 Å². The summed E-state index contributed by atoms with van der Waals surface area (Å²) in [6.45, 7) is 6.67. The molecule has 2 N–H and O–H groups in total. The van der Waals surface area contributed by atoms with Crippen LogP contribution in [-0.4, -0.2) is 5.91 Å². The Morgan fingerprint density at radius 3 is 2.86 bits per heavy atom. The van der Waals surface area contributed by atoms with E-state index in [9.17, 15) is 4.79 Å². The lowest BCUT2D eigenvalue weighted by Crippen LogP contribution is -2.21. The summed E-state index contributed by atoms with van der Waals surface area (Å²) < 4.78 is 0. The first-order valence-corrected chi connectivity index (χ1v) is 8.18. The summed E-state index contributed by atoms with van der Waals surface area (Å²) in [5.74, 6) is 0.0291. The highest BCUT2D eigenvalue weighted by Gasteiger charge is 2.13. The van der Waals surface area contributed by atoms with E-state index in [0.29, 0.717) is 6.54 Å². The van der Waals surface area contributed by atoms with E-state index in [1.807, 2.05) is 6.07 Å². The van der Waals surface area contributed by atoms with Gasteiger partial charge in [0.05, 0.1) is 4.88 Å². The maximum Gasteiger partial charge on any atom is 0.261 e. The van der Waals surface area contributed by atoms with Crippen LogP contribution in [0.3, 0.4) is 0 Å². The number of amides is 1. The number of carbonyl (C=O) groups excluding carboxylic acids is 1. The molecule has 1 aromatic heterocycles. The van der Waals surface area contributed by atoms with Crippen molar-refractivity contribution in [2.24, 2.45) is 0 Å². The van der Waals surface area contributed by atoms with Crippen molar-refractivity contribution in [3.8, 4) is 0 Å². The molecule has 0 spiro atoms. The molecule has 1 aliphatic rings. The first-order chi connectivity index (χ1) is 10.2. The highest BCUT2D eigenvalue weighted by molar-refractivity contribution is 7.14. The highest BCUT2D eigenvalue weighted by Crippen LogP contribution is 2.22. The molecule has 4 heteroatoms. The fraction of sp³-hybridized carbons (Fsp3) is 0.353. The number of rotatable bonds is 4. The van der Waals surface area contributed by atoms with E-state index in [-0.39, 0.29) is 5.91 Å². The topological polar surface area (TPSA) is 41.1 Å². The summed E-state index contributed by atoms with van der Waals surface area (Å²) in [7, 11) is 0. The monoisotopic (exact) mass is 300 g/mol. The molecule has 1 amide bonds. The van der Waals surface area contributed by atoms with E-state index in [1.165, 1.54) is 21.6 Å². The van der Waals surface area contributed by atoms with Crippen molar-refractivity contribution >= 4 is 17.2 Å². The molecule has 0 fully saturated rings. The molecule has 3 rings (SSSR count). The third kappa shape index (κ3) is 3.01. The first-order valence-electron chi connectivity index (χ1n) is 7.36. The average Bonchev–Trinajstić information content (AvgIpc) is 3.10. The van der Waals surface area contributed by atoms with Gasteiger partial charge in [0.2, 0.25) is 0 Å². The van der Waals surface area contributed by atoms with Crippen molar-refractivity contribution in [1.82, 2.24) is 10.6 Å². The Labute approximate surface area is 129 Å². The zero-order chi connectivity index (χ0) is 14.8. The van der Waals surface area contributed by atoms with Crippen LogP contribution in [0.2, 0.25) is 0 Å². The maximum absolute atomic E-state index is 12.2. The lowest BCUT2D eigenvalue weighted by Gasteiger charge is -2.06. The molecule has 1 aromatic carbocycles. The minimum Gasteiger partial charge on any atom is -0.347 e. The van der Waals surface area contributed by atoms with E-state index in [2.05, 4.69) is 42.7 Å². The fourth-order valence-corrected chi connectivity index (χ4v) is 3.74. The van der Waals surface area contributed by atoms with Crippen molar-refractivity contribution in [3.63, 3.8) is 0 Å². The van der Waals surface area contributed by atoms with E-state index >= 15 is 0 Å². The lowest BCUT2D eigenvalue weighted by atomic mass is 10.1. The summed E-state index contributed by atoms with van der Waals surface area (Å²) in [4.78, 5) is 14.3. The molecule has 0 bridgehead atoms. The number of nitrogens with one attached hydrogen (secondary N) is 2. The smallest absolute Gasteiger partial charge is 0.261 e. The van der Waals surface area contributed by atoms with Gasteiger partial charge in [0.1, 0.15) is 0 Å². The Balaban J connectivity index is 1.65. The number of fused-ring (bicyclic) bond motifs is 1. The van der Waals surface area contributed by atoms with E-state index in [4.69, 9.17) is 0 Å².